The molecule has 2 aromatic carbocycles. The number of carbonyl (C=O) groups excluding carboxylic acids is 1. The Balaban J connectivity index is 1.95. The van der Waals surface area contributed by atoms with Crippen LogP contribution < -0.4 is 0 Å². The molecule has 0 spiro atoms. The molecule has 0 fully saturated rings. The molecule has 1 aromatic heterocycles. The number of aryl methyl sites for hydroxylation is 2. The Morgan fingerprint density at radius 3 is 2.52 bits per heavy atom. The van der Waals surface area contributed by atoms with E-state index < -0.39 is 12.1 Å². The number of hydrogen-bond donors (Lipinski definition) is 0. The number of benzene rings is 2. The number of hydrogen-bond acceptors (Lipinski definition) is 3. The lowest BCUT2D eigenvalue weighted by molar-refractivity contribution is 0.0370. The van der Waals surface area contributed by atoms with Crippen molar-refractivity contribution in [1.82, 2.24) is 4.98 Å². The van der Waals surface area contributed by atoms with Gasteiger partial charge in [0.25, 0.3) is 0 Å². The number of pyridine rings is 1. The van der Waals surface area contributed by atoms with Crippen molar-refractivity contribution in [2.75, 3.05) is 0 Å². The third kappa shape index (κ3) is 3.91. The molecule has 0 saturated carbocycles. The summed E-state index contributed by atoms with van der Waals surface area (Å²) in [6.07, 6.45) is 0.844. The Labute approximate surface area is 146 Å². The Kier molecular flexibility index (Phi) is 4.89. The quantitative estimate of drug-likeness (QED) is 0.644. The standard InChI is InChI=1S/C21H18FNO2/c1-14-9-10-17(12-15(14)2)21(24)25-20(19-8-3-4-11-23-19)16-6-5-7-18(22)13-16/h3-13,20H,1-2H3. The second kappa shape index (κ2) is 7.26. The summed E-state index contributed by atoms with van der Waals surface area (Å²) in [6, 6.07) is 16.7. The van der Waals surface area contributed by atoms with Gasteiger partial charge in [0.1, 0.15) is 5.82 Å². The van der Waals surface area contributed by atoms with E-state index in [2.05, 4.69) is 4.98 Å². The fourth-order valence-corrected chi connectivity index (χ4v) is 2.54. The molecule has 3 aromatic rings. The fraction of sp³-hybridized carbons (Fsp3) is 0.143. The van der Waals surface area contributed by atoms with Gasteiger partial charge in [-0.05, 0) is 61.4 Å². The number of aromatic nitrogens is 1. The summed E-state index contributed by atoms with van der Waals surface area (Å²) in [7, 11) is 0. The van der Waals surface area contributed by atoms with Crippen LogP contribution in [0.4, 0.5) is 4.39 Å². The second-order valence-electron chi connectivity index (χ2n) is 5.89. The van der Waals surface area contributed by atoms with Crippen LogP contribution in [0.2, 0.25) is 0 Å². The molecular weight excluding hydrogens is 317 g/mol. The Morgan fingerprint density at radius 2 is 1.84 bits per heavy atom. The van der Waals surface area contributed by atoms with Gasteiger partial charge in [-0.2, -0.15) is 0 Å². The highest BCUT2D eigenvalue weighted by molar-refractivity contribution is 5.90. The monoisotopic (exact) mass is 335 g/mol. The highest BCUT2D eigenvalue weighted by Gasteiger charge is 2.22. The summed E-state index contributed by atoms with van der Waals surface area (Å²) < 4.78 is 19.3. The minimum Gasteiger partial charge on any atom is -0.447 e. The first kappa shape index (κ1) is 16.8. The first-order chi connectivity index (χ1) is 12.0. The molecule has 0 N–H and O–H groups in total. The lowest BCUT2D eigenvalue weighted by Gasteiger charge is -2.18. The number of carbonyl (C=O) groups is 1. The van der Waals surface area contributed by atoms with Gasteiger partial charge in [0.2, 0.25) is 0 Å². The summed E-state index contributed by atoms with van der Waals surface area (Å²) in [5.41, 5.74) is 3.65. The van der Waals surface area contributed by atoms with E-state index >= 15 is 0 Å². The molecule has 25 heavy (non-hydrogen) atoms. The number of rotatable bonds is 4. The predicted octanol–water partition coefficient (Wildman–Crippen LogP) is 4.78. The molecule has 4 heteroatoms. The van der Waals surface area contributed by atoms with Crippen LogP contribution in [-0.4, -0.2) is 11.0 Å². The normalized spacial score (nSPS) is 11.8. The zero-order chi connectivity index (χ0) is 17.8. The molecule has 1 unspecified atom stereocenters. The van der Waals surface area contributed by atoms with Crippen molar-refractivity contribution in [2.45, 2.75) is 20.0 Å². The van der Waals surface area contributed by atoms with Gasteiger partial charge in [-0.1, -0.05) is 24.3 Å². The number of ether oxygens (including phenoxy) is 1. The van der Waals surface area contributed by atoms with Crippen molar-refractivity contribution < 1.29 is 13.9 Å². The van der Waals surface area contributed by atoms with Crippen molar-refractivity contribution in [3.8, 4) is 0 Å². The Morgan fingerprint density at radius 1 is 1.00 bits per heavy atom. The van der Waals surface area contributed by atoms with Crippen molar-refractivity contribution in [1.29, 1.82) is 0 Å². The molecule has 0 radical (unpaired) electrons. The van der Waals surface area contributed by atoms with Crippen LogP contribution in [0.25, 0.3) is 0 Å². The van der Waals surface area contributed by atoms with Crippen LogP contribution >= 0.6 is 0 Å². The summed E-state index contributed by atoms with van der Waals surface area (Å²) in [5.74, 6) is -0.858. The lowest BCUT2D eigenvalue weighted by Crippen LogP contribution is -2.14. The molecule has 0 amide bonds. The minimum absolute atomic E-state index is 0.388. The summed E-state index contributed by atoms with van der Waals surface area (Å²) >= 11 is 0. The van der Waals surface area contributed by atoms with Crippen LogP contribution in [0.5, 0.6) is 0 Å². The maximum absolute atomic E-state index is 13.6. The molecule has 0 aliphatic carbocycles. The van der Waals surface area contributed by atoms with Gasteiger partial charge in [0.15, 0.2) is 6.10 Å². The molecule has 126 valence electrons. The van der Waals surface area contributed by atoms with E-state index in [1.807, 2.05) is 19.9 Å². The van der Waals surface area contributed by atoms with Gasteiger partial charge >= 0.3 is 5.97 Å². The highest BCUT2D eigenvalue weighted by atomic mass is 19.1. The van der Waals surface area contributed by atoms with Crippen LogP contribution in [-0.2, 0) is 4.74 Å². The van der Waals surface area contributed by atoms with Crippen LogP contribution in [0.15, 0.2) is 66.9 Å². The zero-order valence-corrected chi connectivity index (χ0v) is 14.1. The first-order valence-corrected chi connectivity index (χ1v) is 7.99. The van der Waals surface area contributed by atoms with E-state index in [1.54, 1.807) is 48.7 Å². The van der Waals surface area contributed by atoms with Crippen LogP contribution in [0, 0.1) is 19.7 Å². The molecule has 3 rings (SSSR count). The molecule has 0 aliphatic heterocycles. The van der Waals surface area contributed by atoms with Gasteiger partial charge < -0.3 is 4.74 Å². The molecule has 3 nitrogen and oxygen atoms in total. The van der Waals surface area contributed by atoms with Gasteiger partial charge in [0.05, 0.1) is 11.3 Å². The Bertz CT molecular complexity index is 893. The molecule has 1 atom stereocenters. The molecule has 0 aliphatic rings. The SMILES string of the molecule is Cc1ccc(C(=O)OC(c2cccc(F)c2)c2ccccn2)cc1C. The topological polar surface area (TPSA) is 39.2 Å². The summed E-state index contributed by atoms with van der Waals surface area (Å²) in [6.45, 7) is 3.92. The zero-order valence-electron chi connectivity index (χ0n) is 14.1. The lowest BCUT2D eigenvalue weighted by atomic mass is 10.0. The number of esters is 1. The van der Waals surface area contributed by atoms with Crippen molar-refractivity contribution in [3.63, 3.8) is 0 Å². The average Bonchev–Trinajstić information content (AvgIpc) is 2.62. The van der Waals surface area contributed by atoms with Gasteiger partial charge in [-0.25, -0.2) is 9.18 Å². The first-order valence-electron chi connectivity index (χ1n) is 7.99. The molecule has 0 bridgehead atoms. The molecular formula is C21H18FNO2. The largest absolute Gasteiger partial charge is 0.447 e. The molecule has 1 heterocycles. The van der Waals surface area contributed by atoms with Crippen molar-refractivity contribution in [2.24, 2.45) is 0 Å². The maximum Gasteiger partial charge on any atom is 0.339 e. The highest BCUT2D eigenvalue weighted by Crippen LogP contribution is 2.26. The number of halogens is 1. The van der Waals surface area contributed by atoms with Crippen LogP contribution in [0.1, 0.15) is 38.8 Å². The van der Waals surface area contributed by atoms with Crippen molar-refractivity contribution >= 4 is 5.97 Å². The van der Waals surface area contributed by atoms with E-state index in [4.69, 9.17) is 4.74 Å². The van der Waals surface area contributed by atoms with Crippen molar-refractivity contribution in [3.05, 3.63) is 101 Å². The third-order valence-electron chi connectivity index (χ3n) is 4.08. The fourth-order valence-electron chi connectivity index (χ4n) is 2.54. The minimum atomic E-state index is -0.772. The maximum atomic E-state index is 13.6. The third-order valence-corrected chi connectivity index (χ3v) is 4.08. The summed E-state index contributed by atoms with van der Waals surface area (Å²) in [4.78, 5) is 16.9. The smallest absolute Gasteiger partial charge is 0.339 e. The second-order valence-corrected chi connectivity index (χ2v) is 5.89. The van der Waals surface area contributed by atoms with E-state index in [-0.39, 0.29) is 5.82 Å². The average molecular weight is 335 g/mol. The van der Waals surface area contributed by atoms with E-state index in [9.17, 15) is 9.18 Å². The van der Waals surface area contributed by atoms with Gasteiger partial charge in [-0.3, -0.25) is 4.98 Å². The van der Waals surface area contributed by atoms with Gasteiger partial charge in [0, 0.05) is 11.8 Å². The van der Waals surface area contributed by atoms with Crippen LogP contribution in [0.3, 0.4) is 0 Å². The predicted molar refractivity (Wildman–Crippen MR) is 93.8 cm³/mol. The van der Waals surface area contributed by atoms with E-state index in [1.165, 1.54) is 12.1 Å². The Hall–Kier alpha value is -3.01. The van der Waals surface area contributed by atoms with E-state index in [0.29, 0.717) is 16.8 Å². The summed E-state index contributed by atoms with van der Waals surface area (Å²) in [5, 5.41) is 0. The molecule has 0 saturated heterocycles. The number of nitrogens with zero attached hydrogens (tertiary/aromatic N) is 1. The van der Waals surface area contributed by atoms with E-state index in [0.717, 1.165) is 11.1 Å². The van der Waals surface area contributed by atoms with Gasteiger partial charge in [-0.15, -0.1) is 0 Å².